The number of carbonyl (C=O) groups is 2. The van der Waals surface area contributed by atoms with E-state index in [1.54, 1.807) is 0 Å². The second-order valence-electron chi connectivity index (χ2n) is 9.87. The molecule has 3 atom stereocenters. The van der Waals surface area contributed by atoms with Gasteiger partial charge < -0.3 is 25.3 Å². The molecule has 16 nitrogen and oxygen atoms in total. The van der Waals surface area contributed by atoms with Crippen molar-refractivity contribution < 1.29 is 91.4 Å². The molecule has 0 rings (SSSR count). The fraction of sp³-hybridized carbons (Fsp3) is 0.909. The number of alkyl halides is 6. The Kier molecular flexibility index (Phi) is 21.3. The molecule has 0 saturated heterocycles. The molecule has 0 radical (unpaired) electrons. The van der Waals surface area contributed by atoms with Crippen LogP contribution in [0.5, 0.6) is 0 Å². The molecule has 0 spiro atoms. The number of phosphoric ester groups is 3. The molecule has 2 amide bonds. The zero-order valence-corrected chi connectivity index (χ0v) is 28.2. The Morgan fingerprint density at radius 2 is 0.979 bits per heavy atom. The lowest BCUT2D eigenvalue weighted by atomic mass is 10.2. The number of rotatable bonds is 26. The van der Waals surface area contributed by atoms with Gasteiger partial charge in [-0.05, 0) is 39.5 Å². The summed E-state index contributed by atoms with van der Waals surface area (Å²) in [5, 5.41) is 4.82. The van der Waals surface area contributed by atoms with E-state index in [-0.39, 0.29) is 51.6 Å². The molecule has 0 aromatic rings. The SMILES string of the molecule is CC(C)OP(=O)(O)OC(CNC(=O)CCCCOP(=O)(O)OCCC(F)(F)F)CNC(=O)CCCCOP(=O)(O)OCCC(F)(F)F. The van der Waals surface area contributed by atoms with Gasteiger partial charge in [0.05, 0.1) is 45.4 Å². The van der Waals surface area contributed by atoms with Crippen molar-refractivity contribution in [2.45, 2.75) is 89.8 Å². The molecule has 0 aromatic carbocycles. The zero-order valence-electron chi connectivity index (χ0n) is 25.5. The summed E-state index contributed by atoms with van der Waals surface area (Å²) in [4.78, 5) is 53.1. The van der Waals surface area contributed by atoms with E-state index < -0.39 is 99.1 Å². The van der Waals surface area contributed by atoms with Gasteiger partial charge in [-0.3, -0.25) is 36.7 Å². The van der Waals surface area contributed by atoms with Gasteiger partial charge >= 0.3 is 35.8 Å². The van der Waals surface area contributed by atoms with Crippen molar-refractivity contribution in [3.8, 4) is 0 Å². The third-order valence-electron chi connectivity index (χ3n) is 5.07. The van der Waals surface area contributed by atoms with E-state index in [1.165, 1.54) is 13.8 Å². The highest BCUT2D eigenvalue weighted by Crippen LogP contribution is 2.46. The average Bonchev–Trinajstić information content (AvgIpc) is 2.87. The van der Waals surface area contributed by atoms with Gasteiger partial charge in [-0.2, -0.15) is 26.3 Å². The largest absolute Gasteiger partial charge is 0.472 e. The lowest BCUT2D eigenvalue weighted by molar-refractivity contribution is -0.141. The van der Waals surface area contributed by atoms with Crippen LogP contribution in [-0.4, -0.2) is 90.6 Å². The molecule has 5 N–H and O–H groups in total. The molecule has 25 heteroatoms. The molecule has 0 aromatic heterocycles. The van der Waals surface area contributed by atoms with Gasteiger partial charge in [-0.15, -0.1) is 0 Å². The topological polar surface area (TPSA) is 225 Å². The predicted molar refractivity (Wildman–Crippen MR) is 149 cm³/mol. The van der Waals surface area contributed by atoms with Crippen LogP contribution >= 0.6 is 23.5 Å². The van der Waals surface area contributed by atoms with Crippen LogP contribution in [-0.2, 0) is 50.4 Å². The Balaban J connectivity index is 4.59. The predicted octanol–water partition coefficient (Wildman–Crippen LogP) is 4.64. The summed E-state index contributed by atoms with van der Waals surface area (Å²) in [7, 11) is -14.1. The molecular formula is C22H41F6N2O14P3. The Hall–Kier alpha value is -1.15. The first kappa shape index (κ1) is 45.9. The number of hydrogen-bond acceptors (Lipinski definition) is 11. The van der Waals surface area contributed by atoms with Gasteiger partial charge in [0.25, 0.3) is 0 Å². The lowest BCUT2D eigenvalue weighted by Crippen LogP contribution is -2.41. The monoisotopic (exact) mass is 764 g/mol. The summed E-state index contributed by atoms with van der Waals surface area (Å²) >= 11 is 0. The zero-order chi connectivity index (χ0) is 36.4. The van der Waals surface area contributed by atoms with Gasteiger partial charge in [-0.1, -0.05) is 0 Å². The molecule has 0 saturated carbocycles. The van der Waals surface area contributed by atoms with E-state index in [0.29, 0.717) is 0 Å². The first-order valence-electron chi connectivity index (χ1n) is 14.0. The Labute approximate surface area is 267 Å². The maximum Gasteiger partial charge on any atom is 0.472 e. The Morgan fingerprint density at radius 3 is 1.32 bits per heavy atom. The normalized spacial score (nSPS) is 17.0. The van der Waals surface area contributed by atoms with Crippen LogP contribution in [0.2, 0.25) is 0 Å². The number of amides is 2. The van der Waals surface area contributed by atoms with Gasteiger partial charge in [0.2, 0.25) is 11.8 Å². The standard InChI is InChI=1S/C22H41F6N2O14P3/c1-17(2)43-47(37,38)44-18(15-29-19(31)7-3-5-11-39-45(33,34)41-13-9-21(23,24)25)16-30-20(32)8-4-6-12-40-46(35,36)42-14-10-22(26,27)28/h17-18H,3-16H2,1-2H3,(H,29,31)(H,30,32)(H,33,34)(H,35,36)(H,37,38). The van der Waals surface area contributed by atoms with E-state index >= 15 is 0 Å². The number of hydrogen-bond donors (Lipinski definition) is 5. The summed E-state index contributed by atoms with van der Waals surface area (Å²) in [5.74, 6) is -1.20. The van der Waals surface area contributed by atoms with E-state index in [4.69, 9.17) is 9.05 Å². The number of phosphoric acid groups is 3. The van der Waals surface area contributed by atoms with Crippen LogP contribution in [0.25, 0.3) is 0 Å². The molecule has 3 unspecified atom stereocenters. The van der Waals surface area contributed by atoms with Gasteiger partial charge in [-0.25, -0.2) is 13.7 Å². The van der Waals surface area contributed by atoms with Crippen molar-refractivity contribution in [3.05, 3.63) is 0 Å². The maximum absolute atomic E-state index is 12.2. The fourth-order valence-corrected chi connectivity index (χ4v) is 5.64. The second-order valence-corrected chi connectivity index (χ2v) is 14.1. The van der Waals surface area contributed by atoms with E-state index in [0.717, 1.165) is 0 Å². The van der Waals surface area contributed by atoms with Gasteiger partial charge in [0.1, 0.15) is 6.10 Å². The number of carbonyl (C=O) groups excluding carboxylic acids is 2. The molecule has 280 valence electrons. The van der Waals surface area contributed by atoms with E-state index in [1.807, 2.05) is 0 Å². The Bertz CT molecular complexity index is 1020. The van der Waals surface area contributed by atoms with Crippen LogP contribution in [0, 0.1) is 0 Å². The molecule has 47 heavy (non-hydrogen) atoms. The summed E-state index contributed by atoms with van der Waals surface area (Å²) in [6.45, 7) is -0.836. The summed E-state index contributed by atoms with van der Waals surface area (Å²) in [6, 6.07) is 0. The molecule has 0 aliphatic carbocycles. The lowest BCUT2D eigenvalue weighted by Gasteiger charge is -2.22. The molecule has 0 aliphatic heterocycles. The first-order chi connectivity index (χ1) is 21.4. The highest BCUT2D eigenvalue weighted by Gasteiger charge is 2.31. The van der Waals surface area contributed by atoms with Crippen molar-refractivity contribution in [2.75, 3.05) is 39.5 Å². The van der Waals surface area contributed by atoms with Crippen LogP contribution in [0.15, 0.2) is 0 Å². The second kappa shape index (κ2) is 21.8. The highest BCUT2D eigenvalue weighted by atomic mass is 31.2. The van der Waals surface area contributed by atoms with Crippen molar-refractivity contribution in [1.29, 1.82) is 0 Å². The number of halogens is 6. The smallest absolute Gasteiger partial charge is 0.353 e. The third kappa shape index (κ3) is 29.5. The third-order valence-corrected chi connectivity index (χ3v) is 8.35. The van der Waals surface area contributed by atoms with Crippen LogP contribution in [0.1, 0.15) is 65.2 Å². The average molecular weight is 764 g/mol. The first-order valence-corrected chi connectivity index (χ1v) is 18.5. The minimum absolute atomic E-state index is 0.0383. The Morgan fingerprint density at radius 1 is 0.617 bits per heavy atom. The summed E-state index contributed by atoms with van der Waals surface area (Å²) in [6.07, 6.45) is -14.1. The van der Waals surface area contributed by atoms with E-state index in [2.05, 4.69) is 28.7 Å². The molecular weight excluding hydrogens is 723 g/mol. The van der Waals surface area contributed by atoms with Gasteiger partial charge in [0.15, 0.2) is 0 Å². The fourth-order valence-electron chi connectivity index (χ4n) is 3.02. The molecule has 0 aliphatic rings. The summed E-state index contributed by atoms with van der Waals surface area (Å²) < 4.78 is 135. The van der Waals surface area contributed by atoms with Crippen LogP contribution in [0.4, 0.5) is 26.3 Å². The molecule has 0 heterocycles. The van der Waals surface area contributed by atoms with Crippen molar-refractivity contribution in [2.24, 2.45) is 0 Å². The van der Waals surface area contributed by atoms with Crippen LogP contribution in [0.3, 0.4) is 0 Å². The number of unbranched alkanes of at least 4 members (excludes halogenated alkanes) is 2. The van der Waals surface area contributed by atoms with E-state index in [9.17, 15) is 64.3 Å². The quantitative estimate of drug-likeness (QED) is 0.0460. The summed E-state index contributed by atoms with van der Waals surface area (Å²) in [5.41, 5.74) is 0. The minimum atomic E-state index is -4.72. The maximum atomic E-state index is 12.2. The minimum Gasteiger partial charge on any atom is -0.353 e. The molecule has 0 bridgehead atoms. The van der Waals surface area contributed by atoms with Crippen LogP contribution < -0.4 is 10.6 Å². The van der Waals surface area contributed by atoms with Crippen molar-refractivity contribution in [3.63, 3.8) is 0 Å². The highest BCUT2D eigenvalue weighted by molar-refractivity contribution is 7.47. The molecule has 0 fully saturated rings. The number of nitrogens with one attached hydrogen (secondary N) is 2. The van der Waals surface area contributed by atoms with Crippen molar-refractivity contribution >= 4 is 35.3 Å². The van der Waals surface area contributed by atoms with Crippen molar-refractivity contribution in [1.82, 2.24) is 10.6 Å². The van der Waals surface area contributed by atoms with Gasteiger partial charge in [0, 0.05) is 25.9 Å².